The Labute approximate surface area is 210 Å². The van der Waals surface area contributed by atoms with E-state index in [4.69, 9.17) is 11.1 Å². The van der Waals surface area contributed by atoms with Gasteiger partial charge in [0.1, 0.15) is 11.6 Å². The summed E-state index contributed by atoms with van der Waals surface area (Å²) in [5.41, 5.74) is 4.40. The number of hydrogen-bond acceptors (Lipinski definition) is 5. The molecule has 1 aromatic heterocycles. The minimum atomic E-state index is -4.92. The Morgan fingerprint density at radius 3 is 2.19 bits per heavy atom. The first-order valence-electron chi connectivity index (χ1n) is 12.3. The summed E-state index contributed by atoms with van der Waals surface area (Å²) >= 11 is 0. The number of nitrogen functional groups attached to an aromatic ring is 1. The van der Waals surface area contributed by atoms with Gasteiger partial charge in [-0.1, -0.05) is 72.6 Å². The van der Waals surface area contributed by atoms with Crippen molar-refractivity contribution in [2.45, 2.75) is 84.9 Å². The molecular formula is C26H36F4N4O2. The van der Waals surface area contributed by atoms with E-state index in [2.05, 4.69) is 28.9 Å². The van der Waals surface area contributed by atoms with Crippen molar-refractivity contribution in [3.8, 4) is 0 Å². The standard InChI is InChI=1S/C15H10F4N4O2.C9H20.C2H6/c16-6-1-2-9(20)8(5-6)11(21)7-3-4-22-13-10(7)12(15(17,18)19)25-14(24)23-13;1-3-5-7-9-8-6-4-2;1-2/h1-5,12,21H,20H2,(H,22,23,24);3-9H2,1-2H3;1-2H3. The lowest BCUT2D eigenvalue weighted by atomic mass is 9.93. The van der Waals surface area contributed by atoms with E-state index in [1.165, 1.54) is 51.0 Å². The second-order valence-corrected chi connectivity index (χ2v) is 7.95. The number of fused-ring (bicyclic) bond motifs is 1. The number of pyridine rings is 1. The maximum atomic E-state index is 13.5. The van der Waals surface area contributed by atoms with Gasteiger partial charge >= 0.3 is 12.3 Å². The zero-order chi connectivity index (χ0) is 27.3. The van der Waals surface area contributed by atoms with Gasteiger partial charge in [-0.3, -0.25) is 10.7 Å². The average Bonchev–Trinajstić information content (AvgIpc) is 2.85. The highest BCUT2D eigenvalue weighted by atomic mass is 19.4. The summed E-state index contributed by atoms with van der Waals surface area (Å²) in [6.07, 6.45) is 2.27. The molecule has 6 nitrogen and oxygen atoms in total. The van der Waals surface area contributed by atoms with Gasteiger partial charge in [0.2, 0.25) is 6.10 Å². The number of unbranched alkanes of at least 4 members (excludes halogenated alkanes) is 6. The quantitative estimate of drug-likeness (QED) is 0.144. The molecule has 200 valence electrons. The van der Waals surface area contributed by atoms with Gasteiger partial charge in [0.05, 0.1) is 11.3 Å². The Bertz CT molecular complexity index is 990. The molecule has 1 amide bonds. The molecule has 4 N–H and O–H groups in total. The number of aromatic nitrogens is 1. The molecule has 1 aliphatic rings. The summed E-state index contributed by atoms with van der Waals surface area (Å²) in [4.78, 5) is 15.0. The van der Waals surface area contributed by atoms with Crippen LogP contribution in [0.3, 0.4) is 0 Å². The molecule has 0 bridgehead atoms. The number of alkyl halides is 3. The molecule has 1 aliphatic heterocycles. The minimum Gasteiger partial charge on any atom is -0.431 e. The van der Waals surface area contributed by atoms with Gasteiger partial charge in [-0.15, -0.1) is 0 Å². The SMILES string of the molecule is CC.CCCCCCCCC.N=C(c1cc(F)ccc1N)c1ccnc2c1C(C(F)(F)F)OC(=O)N2. The maximum Gasteiger partial charge on any atom is 0.430 e. The second-order valence-electron chi connectivity index (χ2n) is 7.95. The van der Waals surface area contributed by atoms with E-state index in [9.17, 15) is 22.4 Å². The van der Waals surface area contributed by atoms with Gasteiger partial charge in [0.15, 0.2) is 0 Å². The molecule has 3 rings (SSSR count). The van der Waals surface area contributed by atoms with Crippen LogP contribution in [0.4, 0.5) is 33.9 Å². The van der Waals surface area contributed by atoms with Crippen LogP contribution in [0.2, 0.25) is 0 Å². The highest BCUT2D eigenvalue weighted by Crippen LogP contribution is 2.43. The number of hydrogen-bond donors (Lipinski definition) is 3. The van der Waals surface area contributed by atoms with Gasteiger partial charge in [-0.05, 0) is 24.3 Å². The molecular weight excluding hydrogens is 476 g/mol. The zero-order valence-electron chi connectivity index (χ0n) is 21.3. The number of benzene rings is 1. The van der Waals surface area contributed by atoms with E-state index in [1.54, 1.807) is 0 Å². The first kappa shape index (κ1) is 30.9. The molecule has 0 radical (unpaired) electrons. The number of cyclic esters (lactones) is 1. The van der Waals surface area contributed by atoms with E-state index in [-0.39, 0.29) is 22.6 Å². The molecule has 10 heteroatoms. The van der Waals surface area contributed by atoms with Crippen LogP contribution in [0.1, 0.15) is 95.4 Å². The monoisotopic (exact) mass is 512 g/mol. The summed E-state index contributed by atoms with van der Waals surface area (Å²) in [6.45, 7) is 8.53. The van der Waals surface area contributed by atoms with Gasteiger partial charge in [0, 0.05) is 23.0 Å². The van der Waals surface area contributed by atoms with Gasteiger partial charge < -0.3 is 10.5 Å². The summed E-state index contributed by atoms with van der Waals surface area (Å²) in [5.74, 6) is -1.08. The Morgan fingerprint density at radius 2 is 1.64 bits per heavy atom. The predicted molar refractivity (Wildman–Crippen MR) is 135 cm³/mol. The predicted octanol–water partition coefficient (Wildman–Crippen LogP) is 8.17. The fourth-order valence-corrected chi connectivity index (χ4v) is 3.50. The third-order valence-corrected chi connectivity index (χ3v) is 5.26. The molecule has 1 aromatic carbocycles. The molecule has 2 heterocycles. The number of rotatable bonds is 8. The highest BCUT2D eigenvalue weighted by Gasteiger charge is 2.49. The Kier molecular flexibility index (Phi) is 12.9. The van der Waals surface area contributed by atoms with Gasteiger partial charge in [-0.2, -0.15) is 13.2 Å². The molecule has 1 atom stereocenters. The molecule has 0 fully saturated rings. The first-order chi connectivity index (χ1) is 17.1. The van der Waals surface area contributed by atoms with Crippen molar-refractivity contribution in [1.29, 1.82) is 5.41 Å². The lowest BCUT2D eigenvalue weighted by Gasteiger charge is -2.29. The summed E-state index contributed by atoms with van der Waals surface area (Å²) in [6, 6.07) is 4.35. The fourth-order valence-electron chi connectivity index (χ4n) is 3.50. The minimum absolute atomic E-state index is 0.0151. The number of ether oxygens (including phenoxy) is 1. The van der Waals surface area contributed by atoms with Crippen LogP contribution in [-0.2, 0) is 4.74 Å². The first-order valence-corrected chi connectivity index (χ1v) is 12.3. The Balaban J connectivity index is 0.000000500. The third kappa shape index (κ3) is 8.80. The van der Waals surface area contributed by atoms with Crippen LogP contribution in [0.15, 0.2) is 30.5 Å². The molecule has 0 saturated heterocycles. The molecule has 0 aliphatic carbocycles. The van der Waals surface area contributed by atoms with E-state index >= 15 is 0 Å². The molecule has 1 unspecified atom stereocenters. The lowest BCUT2D eigenvalue weighted by molar-refractivity contribution is -0.206. The van der Waals surface area contributed by atoms with Crippen LogP contribution < -0.4 is 11.1 Å². The van der Waals surface area contributed by atoms with Crippen molar-refractivity contribution in [2.24, 2.45) is 0 Å². The van der Waals surface area contributed by atoms with E-state index < -0.39 is 35.5 Å². The normalized spacial score (nSPS) is 14.2. The summed E-state index contributed by atoms with van der Waals surface area (Å²) in [5, 5.41) is 10.2. The largest absolute Gasteiger partial charge is 0.431 e. The maximum absolute atomic E-state index is 13.5. The number of nitrogens with two attached hydrogens (primary N) is 1. The van der Waals surface area contributed by atoms with Gasteiger partial charge in [-0.25, -0.2) is 14.2 Å². The van der Waals surface area contributed by atoms with Crippen LogP contribution >= 0.6 is 0 Å². The number of halogens is 4. The number of nitrogens with one attached hydrogen (secondary N) is 2. The van der Waals surface area contributed by atoms with Crippen LogP contribution in [0, 0.1) is 11.2 Å². The number of nitrogens with zero attached hydrogens (tertiary/aromatic N) is 1. The highest BCUT2D eigenvalue weighted by molar-refractivity contribution is 6.15. The van der Waals surface area contributed by atoms with Crippen molar-refractivity contribution in [3.63, 3.8) is 0 Å². The average molecular weight is 513 g/mol. The molecule has 0 spiro atoms. The van der Waals surface area contributed by atoms with Crippen LogP contribution in [0.5, 0.6) is 0 Å². The van der Waals surface area contributed by atoms with E-state index in [0.29, 0.717) is 0 Å². The fraction of sp³-hybridized carbons (Fsp3) is 0.500. The third-order valence-electron chi connectivity index (χ3n) is 5.26. The zero-order valence-corrected chi connectivity index (χ0v) is 21.3. The van der Waals surface area contributed by atoms with Crippen molar-refractivity contribution in [1.82, 2.24) is 4.98 Å². The molecule has 36 heavy (non-hydrogen) atoms. The van der Waals surface area contributed by atoms with Crippen molar-refractivity contribution in [2.75, 3.05) is 11.1 Å². The molecule has 2 aromatic rings. The topological polar surface area (TPSA) is 101 Å². The van der Waals surface area contributed by atoms with Crippen molar-refractivity contribution in [3.05, 3.63) is 53.0 Å². The number of carbonyl (C=O) groups excluding carboxylic acids is 1. The number of anilines is 2. The van der Waals surface area contributed by atoms with Crippen molar-refractivity contribution < 1.29 is 27.1 Å². The van der Waals surface area contributed by atoms with Crippen molar-refractivity contribution >= 4 is 23.3 Å². The second kappa shape index (κ2) is 15.1. The Hall–Kier alpha value is -3.17. The van der Waals surface area contributed by atoms with Crippen LogP contribution in [0.25, 0.3) is 0 Å². The van der Waals surface area contributed by atoms with Crippen LogP contribution in [-0.4, -0.2) is 23.0 Å². The summed E-state index contributed by atoms with van der Waals surface area (Å²) < 4.78 is 57.7. The smallest absolute Gasteiger partial charge is 0.430 e. The van der Waals surface area contributed by atoms with Gasteiger partial charge in [0.25, 0.3) is 0 Å². The molecule has 0 saturated carbocycles. The Morgan fingerprint density at radius 1 is 1.06 bits per heavy atom. The van der Waals surface area contributed by atoms with E-state index in [0.717, 1.165) is 24.4 Å². The lowest BCUT2D eigenvalue weighted by Crippen LogP contribution is -2.35. The number of carbonyl (C=O) groups is 1. The summed E-state index contributed by atoms with van der Waals surface area (Å²) in [7, 11) is 0. The van der Waals surface area contributed by atoms with E-state index in [1.807, 2.05) is 13.8 Å². The number of amides is 1.